The Labute approximate surface area is 174 Å². The zero-order valence-electron chi connectivity index (χ0n) is 16.4. The maximum absolute atomic E-state index is 13.3. The molecule has 0 aliphatic carbocycles. The van der Waals surface area contributed by atoms with Gasteiger partial charge < -0.3 is 4.90 Å². The Morgan fingerprint density at radius 1 is 1.31 bits per heavy atom. The van der Waals surface area contributed by atoms with Crippen molar-refractivity contribution in [3.8, 4) is 0 Å². The minimum absolute atomic E-state index is 0.0292. The standard InChI is InChI=1S/C20H23ClFN3O3S/c1-12-8-13-9-15(29(23,27)28)5-7-18(13)25(12)19(26)11-24-20(2,3)16-6-4-14(22)10-17(16)21/h4-7,9-10,12,24H,8,11H2,1-3H3,(H2,23,27,28). The molecule has 6 nitrogen and oxygen atoms in total. The normalized spacial score (nSPS) is 16.8. The molecule has 29 heavy (non-hydrogen) atoms. The van der Waals surface area contributed by atoms with Gasteiger partial charge in [0, 0.05) is 22.3 Å². The molecular formula is C20H23ClFN3O3S. The van der Waals surface area contributed by atoms with Crippen LogP contribution in [0, 0.1) is 5.82 Å². The Balaban J connectivity index is 1.78. The molecule has 0 saturated carbocycles. The first-order chi connectivity index (χ1) is 13.4. The van der Waals surface area contributed by atoms with Crippen LogP contribution < -0.4 is 15.4 Å². The van der Waals surface area contributed by atoms with Gasteiger partial charge in [-0.1, -0.05) is 17.7 Å². The van der Waals surface area contributed by atoms with Crippen molar-refractivity contribution >= 4 is 33.2 Å². The summed E-state index contributed by atoms with van der Waals surface area (Å²) in [5.74, 6) is -0.585. The van der Waals surface area contributed by atoms with Crippen LogP contribution in [0.4, 0.5) is 10.1 Å². The summed E-state index contributed by atoms with van der Waals surface area (Å²) < 4.78 is 36.5. The summed E-state index contributed by atoms with van der Waals surface area (Å²) in [5.41, 5.74) is 1.46. The highest BCUT2D eigenvalue weighted by Crippen LogP contribution is 2.34. The molecule has 9 heteroatoms. The van der Waals surface area contributed by atoms with E-state index in [0.29, 0.717) is 17.7 Å². The molecule has 1 amide bonds. The van der Waals surface area contributed by atoms with Crippen molar-refractivity contribution < 1.29 is 17.6 Å². The van der Waals surface area contributed by atoms with Gasteiger partial charge >= 0.3 is 0 Å². The van der Waals surface area contributed by atoms with E-state index in [9.17, 15) is 17.6 Å². The summed E-state index contributed by atoms with van der Waals surface area (Å²) in [5, 5.41) is 8.67. The molecular weight excluding hydrogens is 417 g/mol. The minimum atomic E-state index is -3.80. The van der Waals surface area contributed by atoms with Crippen molar-refractivity contribution in [1.29, 1.82) is 0 Å². The van der Waals surface area contributed by atoms with Gasteiger partial charge in [-0.15, -0.1) is 0 Å². The number of carbonyl (C=O) groups is 1. The highest BCUT2D eigenvalue weighted by Gasteiger charge is 2.33. The van der Waals surface area contributed by atoms with Gasteiger partial charge in [0.1, 0.15) is 5.82 Å². The number of sulfonamides is 1. The van der Waals surface area contributed by atoms with Gasteiger partial charge in [-0.2, -0.15) is 0 Å². The van der Waals surface area contributed by atoms with Gasteiger partial charge in [0.05, 0.1) is 11.4 Å². The number of carbonyl (C=O) groups excluding carboxylic acids is 1. The van der Waals surface area contributed by atoms with Gasteiger partial charge in [0.2, 0.25) is 15.9 Å². The van der Waals surface area contributed by atoms with Crippen LogP contribution in [0.1, 0.15) is 31.9 Å². The fraction of sp³-hybridized carbons (Fsp3) is 0.350. The fourth-order valence-corrected chi connectivity index (χ4v) is 4.61. The molecule has 3 rings (SSSR count). The lowest BCUT2D eigenvalue weighted by molar-refractivity contribution is -0.118. The van der Waals surface area contributed by atoms with Gasteiger partial charge in [-0.3, -0.25) is 10.1 Å². The lowest BCUT2D eigenvalue weighted by atomic mass is 9.94. The van der Waals surface area contributed by atoms with Crippen LogP contribution in [0.5, 0.6) is 0 Å². The predicted octanol–water partition coefficient (Wildman–Crippen LogP) is 2.93. The fourth-order valence-electron chi connectivity index (χ4n) is 3.64. The lowest BCUT2D eigenvalue weighted by Gasteiger charge is -2.30. The molecule has 2 aromatic rings. The summed E-state index contributed by atoms with van der Waals surface area (Å²) in [4.78, 5) is 14.6. The van der Waals surface area contributed by atoms with Crippen molar-refractivity contribution in [3.05, 3.63) is 58.4 Å². The van der Waals surface area contributed by atoms with Crippen molar-refractivity contribution in [3.63, 3.8) is 0 Å². The molecule has 1 unspecified atom stereocenters. The van der Waals surface area contributed by atoms with E-state index in [4.69, 9.17) is 16.7 Å². The number of benzene rings is 2. The summed E-state index contributed by atoms with van der Waals surface area (Å²) in [6.07, 6.45) is 0.539. The summed E-state index contributed by atoms with van der Waals surface area (Å²) >= 11 is 6.16. The molecule has 0 fully saturated rings. The molecule has 3 N–H and O–H groups in total. The maximum atomic E-state index is 13.3. The van der Waals surface area contributed by atoms with Crippen molar-refractivity contribution in [2.24, 2.45) is 5.14 Å². The first kappa shape index (κ1) is 21.7. The number of nitrogens with zero attached hydrogens (tertiary/aromatic N) is 1. The Hall–Kier alpha value is -2.00. The number of primary sulfonamides is 1. The summed E-state index contributed by atoms with van der Waals surface area (Å²) in [7, 11) is -3.80. The number of halogens is 2. The van der Waals surface area contributed by atoms with Gasteiger partial charge in [-0.05, 0) is 68.7 Å². The molecule has 0 saturated heterocycles. The van der Waals surface area contributed by atoms with E-state index in [1.54, 1.807) is 17.0 Å². The largest absolute Gasteiger partial charge is 0.308 e. The molecule has 0 aromatic heterocycles. The van der Waals surface area contributed by atoms with E-state index in [0.717, 1.165) is 5.56 Å². The van der Waals surface area contributed by atoms with Crippen molar-refractivity contribution in [2.75, 3.05) is 11.4 Å². The second-order valence-electron chi connectivity index (χ2n) is 7.76. The van der Waals surface area contributed by atoms with Gasteiger partial charge in [0.15, 0.2) is 0 Å². The minimum Gasteiger partial charge on any atom is -0.308 e. The Kier molecular flexibility index (Phi) is 5.75. The summed E-state index contributed by atoms with van der Waals surface area (Å²) in [6, 6.07) is 8.58. The topological polar surface area (TPSA) is 92.5 Å². The van der Waals surface area contributed by atoms with Gasteiger partial charge in [0.25, 0.3) is 0 Å². The first-order valence-electron chi connectivity index (χ1n) is 9.08. The Morgan fingerprint density at radius 3 is 2.62 bits per heavy atom. The number of fused-ring (bicyclic) bond motifs is 1. The van der Waals surface area contributed by atoms with Crippen LogP contribution in [0.3, 0.4) is 0 Å². The highest BCUT2D eigenvalue weighted by molar-refractivity contribution is 7.89. The zero-order valence-corrected chi connectivity index (χ0v) is 17.9. The number of hydrogen-bond donors (Lipinski definition) is 2. The molecule has 1 heterocycles. The molecule has 156 valence electrons. The van der Waals surface area contributed by atoms with Crippen LogP contribution in [-0.4, -0.2) is 26.9 Å². The summed E-state index contributed by atoms with van der Waals surface area (Å²) in [6.45, 7) is 5.65. The number of nitrogens with one attached hydrogen (secondary N) is 1. The molecule has 0 radical (unpaired) electrons. The maximum Gasteiger partial charge on any atom is 0.241 e. The van der Waals surface area contributed by atoms with E-state index in [1.165, 1.54) is 24.3 Å². The van der Waals surface area contributed by atoms with Crippen molar-refractivity contribution in [2.45, 2.75) is 43.7 Å². The first-order valence-corrected chi connectivity index (χ1v) is 11.0. The quantitative estimate of drug-likeness (QED) is 0.749. The SMILES string of the molecule is CC1Cc2cc(S(N)(=O)=O)ccc2N1C(=O)CNC(C)(C)c1ccc(F)cc1Cl. The molecule has 1 aliphatic rings. The number of rotatable bonds is 5. The third kappa shape index (κ3) is 4.45. The van der Waals surface area contributed by atoms with Crippen LogP contribution in [-0.2, 0) is 26.8 Å². The third-order valence-electron chi connectivity index (χ3n) is 5.15. The average Bonchev–Trinajstić information content (AvgIpc) is 2.93. The molecule has 1 aliphatic heterocycles. The molecule has 0 bridgehead atoms. The Bertz CT molecular complexity index is 1070. The Morgan fingerprint density at radius 2 is 2.00 bits per heavy atom. The second kappa shape index (κ2) is 7.68. The van der Waals surface area contributed by atoms with E-state index < -0.39 is 21.4 Å². The highest BCUT2D eigenvalue weighted by atomic mass is 35.5. The monoisotopic (exact) mass is 439 g/mol. The van der Waals surface area contributed by atoms with E-state index in [-0.39, 0.29) is 28.4 Å². The van der Waals surface area contributed by atoms with E-state index in [1.807, 2.05) is 20.8 Å². The van der Waals surface area contributed by atoms with Crippen LogP contribution in [0.15, 0.2) is 41.3 Å². The number of hydrogen-bond acceptors (Lipinski definition) is 4. The zero-order chi connectivity index (χ0) is 21.6. The number of amides is 1. The lowest BCUT2D eigenvalue weighted by Crippen LogP contribution is -2.46. The molecule has 0 spiro atoms. The second-order valence-corrected chi connectivity index (χ2v) is 9.72. The number of anilines is 1. The molecule has 1 atom stereocenters. The average molecular weight is 440 g/mol. The predicted molar refractivity (Wildman–Crippen MR) is 111 cm³/mol. The van der Waals surface area contributed by atoms with Crippen LogP contribution >= 0.6 is 11.6 Å². The number of nitrogens with two attached hydrogens (primary N) is 1. The molecule has 2 aromatic carbocycles. The smallest absolute Gasteiger partial charge is 0.241 e. The third-order valence-corrected chi connectivity index (χ3v) is 6.37. The van der Waals surface area contributed by atoms with E-state index >= 15 is 0 Å². The van der Waals surface area contributed by atoms with Crippen LogP contribution in [0.2, 0.25) is 5.02 Å². The van der Waals surface area contributed by atoms with E-state index in [2.05, 4.69) is 5.32 Å². The van der Waals surface area contributed by atoms with Crippen LogP contribution in [0.25, 0.3) is 0 Å². The van der Waals surface area contributed by atoms with Gasteiger partial charge in [-0.25, -0.2) is 17.9 Å². The van der Waals surface area contributed by atoms with Crippen molar-refractivity contribution in [1.82, 2.24) is 5.32 Å².